The van der Waals surface area contributed by atoms with Crippen molar-refractivity contribution >= 4 is 34.6 Å². The fraction of sp³-hybridized carbons (Fsp3) is 0.0476. The zero-order chi connectivity index (χ0) is 17.9. The largest absolute Gasteiger partial charge is 0.317 e. The number of carbonyl (C=O) groups excluding carboxylic acids is 1. The SMILES string of the molecule is Cc1ccc(N=C2NC(=O)/C(=C/c3cccn3-c3ccccc3)S2)cc1. The molecule has 0 radical (unpaired) electrons. The second-order valence-corrected chi connectivity index (χ2v) is 6.99. The lowest BCUT2D eigenvalue weighted by Crippen LogP contribution is -2.19. The highest BCUT2D eigenvalue weighted by Crippen LogP contribution is 2.28. The van der Waals surface area contributed by atoms with Crippen LogP contribution < -0.4 is 5.32 Å². The predicted octanol–water partition coefficient (Wildman–Crippen LogP) is 4.68. The maximum Gasteiger partial charge on any atom is 0.264 e. The number of nitrogens with zero attached hydrogens (tertiary/aromatic N) is 2. The van der Waals surface area contributed by atoms with Crippen molar-refractivity contribution < 1.29 is 4.79 Å². The van der Waals surface area contributed by atoms with E-state index in [4.69, 9.17) is 0 Å². The van der Waals surface area contributed by atoms with Gasteiger partial charge in [0.2, 0.25) is 0 Å². The third kappa shape index (κ3) is 3.48. The van der Waals surface area contributed by atoms with Crippen LogP contribution >= 0.6 is 11.8 Å². The molecule has 0 bridgehead atoms. The van der Waals surface area contributed by atoms with Crippen LogP contribution in [-0.4, -0.2) is 15.6 Å². The van der Waals surface area contributed by atoms with Gasteiger partial charge in [0.05, 0.1) is 10.6 Å². The first kappa shape index (κ1) is 16.4. The minimum atomic E-state index is -0.123. The summed E-state index contributed by atoms with van der Waals surface area (Å²) in [4.78, 5) is 17.5. The minimum Gasteiger partial charge on any atom is -0.317 e. The summed E-state index contributed by atoms with van der Waals surface area (Å²) in [6.45, 7) is 2.03. The average molecular weight is 359 g/mol. The van der Waals surface area contributed by atoms with Crippen molar-refractivity contribution in [3.63, 3.8) is 0 Å². The molecule has 3 aromatic rings. The molecule has 1 fully saturated rings. The van der Waals surface area contributed by atoms with E-state index < -0.39 is 0 Å². The van der Waals surface area contributed by atoms with Crippen LogP contribution in [0.5, 0.6) is 0 Å². The topological polar surface area (TPSA) is 46.4 Å². The number of aryl methyl sites for hydroxylation is 1. The van der Waals surface area contributed by atoms with Crippen molar-refractivity contribution in [2.24, 2.45) is 4.99 Å². The maximum atomic E-state index is 12.3. The lowest BCUT2D eigenvalue weighted by Gasteiger charge is -2.06. The number of nitrogens with one attached hydrogen (secondary N) is 1. The summed E-state index contributed by atoms with van der Waals surface area (Å²) >= 11 is 1.36. The van der Waals surface area contributed by atoms with Crippen LogP contribution in [0.15, 0.2) is 82.8 Å². The Balaban J connectivity index is 1.60. The number of amides is 1. The molecule has 1 saturated heterocycles. The van der Waals surface area contributed by atoms with E-state index in [1.807, 2.05) is 85.9 Å². The van der Waals surface area contributed by atoms with Gasteiger partial charge >= 0.3 is 0 Å². The van der Waals surface area contributed by atoms with Crippen LogP contribution in [0.25, 0.3) is 11.8 Å². The van der Waals surface area contributed by atoms with E-state index in [0.717, 1.165) is 17.1 Å². The molecule has 128 valence electrons. The van der Waals surface area contributed by atoms with Crippen molar-refractivity contribution in [1.29, 1.82) is 0 Å². The number of hydrogen-bond donors (Lipinski definition) is 1. The zero-order valence-corrected chi connectivity index (χ0v) is 15.0. The molecule has 26 heavy (non-hydrogen) atoms. The summed E-state index contributed by atoms with van der Waals surface area (Å²) in [5.74, 6) is -0.123. The molecule has 1 amide bonds. The van der Waals surface area contributed by atoms with E-state index in [1.165, 1.54) is 17.3 Å². The number of carbonyl (C=O) groups is 1. The lowest BCUT2D eigenvalue weighted by atomic mass is 10.2. The van der Waals surface area contributed by atoms with E-state index in [1.54, 1.807) is 0 Å². The fourth-order valence-electron chi connectivity index (χ4n) is 2.69. The van der Waals surface area contributed by atoms with E-state index in [0.29, 0.717) is 10.1 Å². The van der Waals surface area contributed by atoms with Gasteiger partial charge in [-0.15, -0.1) is 0 Å². The Hall–Kier alpha value is -3.05. The number of thioether (sulfide) groups is 1. The van der Waals surface area contributed by atoms with Gasteiger partial charge in [-0.3, -0.25) is 4.79 Å². The zero-order valence-electron chi connectivity index (χ0n) is 14.2. The first-order chi connectivity index (χ1) is 12.7. The number of aliphatic imine (C=N–C) groups is 1. The highest BCUT2D eigenvalue weighted by molar-refractivity contribution is 8.18. The molecule has 2 aromatic carbocycles. The number of aromatic nitrogens is 1. The van der Waals surface area contributed by atoms with E-state index in [2.05, 4.69) is 14.9 Å². The second-order valence-electron chi connectivity index (χ2n) is 5.96. The molecule has 0 saturated carbocycles. The summed E-state index contributed by atoms with van der Waals surface area (Å²) in [7, 11) is 0. The van der Waals surface area contributed by atoms with Crippen molar-refractivity contribution in [3.8, 4) is 5.69 Å². The highest BCUT2D eigenvalue weighted by atomic mass is 32.2. The summed E-state index contributed by atoms with van der Waals surface area (Å²) in [5, 5.41) is 3.44. The van der Waals surface area contributed by atoms with E-state index in [-0.39, 0.29) is 5.91 Å². The molecule has 0 aliphatic carbocycles. The van der Waals surface area contributed by atoms with Gasteiger partial charge in [0.15, 0.2) is 5.17 Å². The first-order valence-corrected chi connectivity index (χ1v) is 9.10. The van der Waals surface area contributed by atoms with Gasteiger partial charge < -0.3 is 9.88 Å². The monoisotopic (exact) mass is 359 g/mol. The molecule has 2 heterocycles. The van der Waals surface area contributed by atoms with Gasteiger partial charge in [0, 0.05) is 17.6 Å². The molecule has 1 N–H and O–H groups in total. The van der Waals surface area contributed by atoms with E-state index in [9.17, 15) is 4.79 Å². The molecule has 1 aliphatic heterocycles. The van der Waals surface area contributed by atoms with Crippen molar-refractivity contribution in [2.75, 3.05) is 0 Å². The lowest BCUT2D eigenvalue weighted by molar-refractivity contribution is -0.115. The molecule has 0 atom stereocenters. The van der Waals surface area contributed by atoms with Crippen LogP contribution in [0.4, 0.5) is 5.69 Å². The molecule has 1 aliphatic rings. The number of hydrogen-bond acceptors (Lipinski definition) is 3. The average Bonchev–Trinajstić information content (AvgIpc) is 3.25. The first-order valence-electron chi connectivity index (χ1n) is 8.28. The van der Waals surface area contributed by atoms with Crippen LogP contribution in [0.2, 0.25) is 0 Å². The highest BCUT2D eigenvalue weighted by Gasteiger charge is 2.24. The van der Waals surface area contributed by atoms with Gasteiger partial charge in [-0.2, -0.15) is 0 Å². The molecule has 4 nitrogen and oxygen atoms in total. The predicted molar refractivity (Wildman–Crippen MR) is 108 cm³/mol. The Morgan fingerprint density at radius 1 is 1.00 bits per heavy atom. The number of para-hydroxylation sites is 1. The minimum absolute atomic E-state index is 0.123. The van der Waals surface area contributed by atoms with Gasteiger partial charge in [0.25, 0.3) is 5.91 Å². The van der Waals surface area contributed by atoms with Gasteiger partial charge in [-0.1, -0.05) is 35.9 Å². The number of benzene rings is 2. The summed E-state index contributed by atoms with van der Waals surface area (Å²) in [6.07, 6.45) is 3.88. The molecule has 4 rings (SSSR count). The molecule has 0 unspecified atom stereocenters. The summed E-state index contributed by atoms with van der Waals surface area (Å²) < 4.78 is 2.05. The Morgan fingerprint density at radius 2 is 1.77 bits per heavy atom. The van der Waals surface area contributed by atoms with Gasteiger partial charge in [-0.25, -0.2) is 4.99 Å². The van der Waals surface area contributed by atoms with Crippen LogP contribution in [-0.2, 0) is 4.79 Å². The Kier molecular flexibility index (Phi) is 4.46. The van der Waals surface area contributed by atoms with Gasteiger partial charge in [-0.05, 0) is 61.2 Å². The van der Waals surface area contributed by atoms with Crippen LogP contribution in [0.3, 0.4) is 0 Å². The number of amidine groups is 1. The van der Waals surface area contributed by atoms with Crippen LogP contribution in [0.1, 0.15) is 11.3 Å². The van der Waals surface area contributed by atoms with Gasteiger partial charge in [0.1, 0.15) is 0 Å². The normalized spacial score (nSPS) is 17.0. The van der Waals surface area contributed by atoms with Crippen LogP contribution in [0, 0.1) is 6.92 Å². The Bertz CT molecular complexity index is 1000. The fourth-order valence-corrected chi connectivity index (χ4v) is 3.51. The smallest absolute Gasteiger partial charge is 0.264 e. The van der Waals surface area contributed by atoms with E-state index >= 15 is 0 Å². The molecule has 5 heteroatoms. The molecular weight excluding hydrogens is 342 g/mol. The van der Waals surface area contributed by atoms with Crippen molar-refractivity contribution in [3.05, 3.63) is 89.1 Å². The Labute approximate surface area is 156 Å². The molecule has 0 spiro atoms. The quantitative estimate of drug-likeness (QED) is 0.690. The standard InChI is InChI=1S/C21H17N3OS/c1-15-9-11-16(12-10-15)22-21-23-20(25)19(26-21)14-18-8-5-13-24(18)17-6-3-2-4-7-17/h2-14H,1H3,(H,22,23,25)/b19-14-. The second kappa shape index (κ2) is 7.06. The third-order valence-corrected chi connectivity index (χ3v) is 4.92. The third-order valence-electron chi connectivity index (χ3n) is 4.01. The summed E-state index contributed by atoms with van der Waals surface area (Å²) in [6, 6.07) is 21.9. The van der Waals surface area contributed by atoms with Crippen molar-refractivity contribution in [2.45, 2.75) is 6.92 Å². The maximum absolute atomic E-state index is 12.3. The van der Waals surface area contributed by atoms with Crippen molar-refractivity contribution in [1.82, 2.24) is 9.88 Å². The molecule has 1 aromatic heterocycles. The Morgan fingerprint density at radius 3 is 2.54 bits per heavy atom. The molecular formula is C21H17N3OS. The number of rotatable bonds is 3. The summed E-state index contributed by atoms with van der Waals surface area (Å²) in [5.41, 5.74) is 4.01.